The van der Waals surface area contributed by atoms with Gasteiger partial charge in [0.05, 0.1) is 16.7 Å². The van der Waals surface area contributed by atoms with Gasteiger partial charge in [-0.1, -0.05) is 23.7 Å². The summed E-state index contributed by atoms with van der Waals surface area (Å²) in [5.74, 6) is -0.823. The van der Waals surface area contributed by atoms with Gasteiger partial charge in [-0.25, -0.2) is 9.69 Å². The molecular formula is C21H14ClN3O3. The highest BCUT2D eigenvalue weighted by Gasteiger charge is 2.34. The molecule has 0 spiro atoms. The lowest BCUT2D eigenvalue weighted by atomic mass is 9.93. The maximum absolute atomic E-state index is 13.2. The number of nitrogens with zero attached hydrogens (tertiary/aromatic N) is 3. The number of amides is 2. The molecule has 0 saturated carbocycles. The summed E-state index contributed by atoms with van der Waals surface area (Å²) in [6, 6.07) is 13.7. The molecule has 0 unspecified atom stereocenters. The summed E-state index contributed by atoms with van der Waals surface area (Å²) in [7, 11) is 3.34. The fourth-order valence-corrected chi connectivity index (χ4v) is 4.15. The highest BCUT2D eigenvalue weighted by atomic mass is 35.5. The molecule has 138 valence electrons. The molecule has 3 aromatic carbocycles. The number of anilines is 1. The molecule has 28 heavy (non-hydrogen) atoms. The molecule has 2 amide bonds. The van der Waals surface area contributed by atoms with Crippen LogP contribution in [0.1, 0.15) is 20.7 Å². The largest absolute Gasteiger partial charge is 0.328 e. The van der Waals surface area contributed by atoms with Crippen LogP contribution in [0.3, 0.4) is 0 Å². The normalized spacial score (nSPS) is 13.8. The van der Waals surface area contributed by atoms with Crippen LogP contribution in [-0.4, -0.2) is 20.9 Å². The minimum atomic E-state index is -0.411. The Morgan fingerprint density at radius 2 is 1.46 bits per heavy atom. The number of aryl methyl sites for hydroxylation is 2. The molecule has 0 radical (unpaired) electrons. The second-order valence-electron chi connectivity index (χ2n) is 6.84. The van der Waals surface area contributed by atoms with Gasteiger partial charge in [0.25, 0.3) is 11.8 Å². The van der Waals surface area contributed by atoms with E-state index in [0.717, 1.165) is 10.4 Å². The van der Waals surface area contributed by atoms with Crippen molar-refractivity contribution in [1.29, 1.82) is 0 Å². The second-order valence-corrected chi connectivity index (χ2v) is 7.25. The Balaban J connectivity index is 1.76. The number of carbonyl (C=O) groups is 2. The quantitative estimate of drug-likeness (QED) is 0.466. The lowest BCUT2D eigenvalue weighted by molar-refractivity contribution is 0.0893. The zero-order valence-electron chi connectivity index (χ0n) is 15.1. The van der Waals surface area contributed by atoms with Gasteiger partial charge in [0.15, 0.2) is 0 Å². The van der Waals surface area contributed by atoms with Crippen molar-refractivity contribution in [2.24, 2.45) is 14.1 Å². The molecular weight excluding hydrogens is 378 g/mol. The van der Waals surface area contributed by atoms with E-state index in [1.54, 1.807) is 62.6 Å². The third-order valence-corrected chi connectivity index (χ3v) is 5.70. The number of aromatic nitrogens is 2. The van der Waals surface area contributed by atoms with E-state index in [4.69, 9.17) is 11.6 Å². The van der Waals surface area contributed by atoms with Crippen LogP contribution >= 0.6 is 11.6 Å². The van der Waals surface area contributed by atoms with Gasteiger partial charge in [-0.3, -0.25) is 18.7 Å². The van der Waals surface area contributed by atoms with Crippen LogP contribution in [0, 0.1) is 0 Å². The maximum atomic E-state index is 13.2. The van der Waals surface area contributed by atoms with Crippen LogP contribution < -0.4 is 10.6 Å². The van der Waals surface area contributed by atoms with Crippen molar-refractivity contribution >= 4 is 50.9 Å². The van der Waals surface area contributed by atoms with Crippen LogP contribution in [0.2, 0.25) is 5.02 Å². The van der Waals surface area contributed by atoms with Crippen molar-refractivity contribution in [2.75, 3.05) is 4.90 Å². The van der Waals surface area contributed by atoms with Crippen molar-refractivity contribution in [1.82, 2.24) is 9.13 Å². The molecule has 6 nitrogen and oxygen atoms in total. The summed E-state index contributed by atoms with van der Waals surface area (Å²) < 4.78 is 3.02. The van der Waals surface area contributed by atoms with Gasteiger partial charge in [-0.15, -0.1) is 0 Å². The standard InChI is InChI=1S/C21H14ClN3O3/c1-23-16-9-6-11(10-17(16)24(2)21(23)28)25-19(26)13-5-3-4-12-15(22)8-7-14(18(12)13)20(25)27/h3-10H,1-2H3. The smallest absolute Gasteiger partial charge is 0.295 e. The average Bonchev–Trinajstić information content (AvgIpc) is 2.91. The van der Waals surface area contributed by atoms with E-state index in [1.165, 1.54) is 9.13 Å². The minimum absolute atomic E-state index is 0.173. The minimum Gasteiger partial charge on any atom is -0.295 e. The van der Waals surface area contributed by atoms with Crippen molar-refractivity contribution in [3.63, 3.8) is 0 Å². The second kappa shape index (κ2) is 5.56. The number of benzene rings is 3. The zero-order chi connectivity index (χ0) is 19.7. The third kappa shape index (κ3) is 2.00. The van der Waals surface area contributed by atoms with Gasteiger partial charge in [0.1, 0.15) is 0 Å². The summed E-state index contributed by atoms with van der Waals surface area (Å²) in [6.07, 6.45) is 0. The van der Waals surface area contributed by atoms with E-state index in [2.05, 4.69) is 0 Å². The van der Waals surface area contributed by atoms with Crippen molar-refractivity contribution in [3.8, 4) is 0 Å². The Morgan fingerprint density at radius 3 is 2.21 bits per heavy atom. The van der Waals surface area contributed by atoms with Gasteiger partial charge in [0, 0.05) is 41.0 Å². The van der Waals surface area contributed by atoms with E-state index in [1.807, 2.05) is 0 Å². The Hall–Kier alpha value is -3.38. The first kappa shape index (κ1) is 16.8. The molecule has 1 aliphatic rings. The molecule has 7 heteroatoms. The molecule has 0 N–H and O–H groups in total. The van der Waals surface area contributed by atoms with Crippen molar-refractivity contribution < 1.29 is 9.59 Å². The zero-order valence-corrected chi connectivity index (χ0v) is 15.8. The van der Waals surface area contributed by atoms with Crippen molar-refractivity contribution in [2.45, 2.75) is 0 Å². The van der Waals surface area contributed by atoms with Gasteiger partial charge in [0.2, 0.25) is 0 Å². The SMILES string of the molecule is Cn1c(=O)n(C)c2cc(N3C(=O)c4cccc5c(Cl)ccc(c45)C3=O)ccc21. The molecule has 0 fully saturated rings. The summed E-state index contributed by atoms with van der Waals surface area (Å²) in [5.41, 5.74) is 2.47. The first-order chi connectivity index (χ1) is 13.4. The lowest BCUT2D eigenvalue weighted by Gasteiger charge is -2.27. The molecule has 1 aliphatic heterocycles. The monoisotopic (exact) mass is 391 g/mol. The summed E-state index contributed by atoms with van der Waals surface area (Å²) in [6.45, 7) is 0. The third-order valence-electron chi connectivity index (χ3n) is 5.37. The number of rotatable bonds is 1. The number of fused-ring (bicyclic) bond motifs is 1. The van der Waals surface area contributed by atoms with Crippen LogP contribution in [0.15, 0.2) is 53.3 Å². The number of imide groups is 1. The van der Waals surface area contributed by atoms with Crippen molar-refractivity contribution in [3.05, 3.63) is 75.2 Å². The predicted octanol–water partition coefficient (Wildman–Crippen LogP) is 3.48. The number of imidazole rings is 1. The highest BCUT2D eigenvalue weighted by Crippen LogP contribution is 2.36. The number of hydrogen-bond donors (Lipinski definition) is 0. The highest BCUT2D eigenvalue weighted by molar-refractivity contribution is 6.41. The Bertz CT molecular complexity index is 1390. The number of carbonyl (C=O) groups excluding carboxylic acids is 2. The molecule has 5 rings (SSSR count). The first-order valence-electron chi connectivity index (χ1n) is 8.65. The topological polar surface area (TPSA) is 64.3 Å². The van der Waals surface area contributed by atoms with Crippen LogP contribution in [0.4, 0.5) is 5.69 Å². The molecule has 0 saturated heterocycles. The fourth-order valence-electron chi connectivity index (χ4n) is 3.93. The average molecular weight is 392 g/mol. The number of hydrogen-bond acceptors (Lipinski definition) is 3. The predicted molar refractivity (Wildman–Crippen MR) is 108 cm³/mol. The Labute approximate surface area is 164 Å². The van der Waals surface area contributed by atoms with Crippen LogP contribution in [-0.2, 0) is 14.1 Å². The van der Waals surface area contributed by atoms with Gasteiger partial charge < -0.3 is 0 Å². The van der Waals surface area contributed by atoms with Crippen LogP contribution in [0.5, 0.6) is 0 Å². The first-order valence-corrected chi connectivity index (χ1v) is 9.03. The summed E-state index contributed by atoms with van der Waals surface area (Å²) >= 11 is 6.26. The maximum Gasteiger partial charge on any atom is 0.328 e. The molecule has 4 aromatic rings. The molecule has 2 heterocycles. The molecule has 0 atom stereocenters. The van der Waals surface area contributed by atoms with E-state index < -0.39 is 11.8 Å². The van der Waals surface area contributed by atoms with E-state index >= 15 is 0 Å². The number of halogens is 1. The molecule has 0 bridgehead atoms. The van der Waals surface area contributed by atoms with Crippen LogP contribution in [0.25, 0.3) is 21.8 Å². The molecule has 1 aromatic heterocycles. The van der Waals surface area contributed by atoms with Gasteiger partial charge in [-0.05, 0) is 36.4 Å². The Morgan fingerprint density at radius 1 is 0.786 bits per heavy atom. The lowest BCUT2D eigenvalue weighted by Crippen LogP contribution is -2.40. The summed E-state index contributed by atoms with van der Waals surface area (Å²) in [4.78, 5) is 39.8. The fraction of sp³-hybridized carbons (Fsp3) is 0.0952. The van der Waals surface area contributed by atoms with Gasteiger partial charge in [-0.2, -0.15) is 0 Å². The molecule has 0 aliphatic carbocycles. The Kier molecular flexibility index (Phi) is 3.33. The van der Waals surface area contributed by atoms with Gasteiger partial charge >= 0.3 is 5.69 Å². The van der Waals surface area contributed by atoms with E-state index in [9.17, 15) is 14.4 Å². The van der Waals surface area contributed by atoms with E-state index in [-0.39, 0.29) is 5.69 Å². The van der Waals surface area contributed by atoms with E-state index in [0.29, 0.717) is 38.1 Å². The summed E-state index contributed by atoms with van der Waals surface area (Å²) in [5, 5.41) is 1.75.